The highest BCUT2D eigenvalue weighted by atomic mass is 32.2. The summed E-state index contributed by atoms with van der Waals surface area (Å²) in [5.41, 5.74) is 0.912. The normalized spacial score (nSPS) is 13.1. The highest BCUT2D eigenvalue weighted by Crippen LogP contribution is 2.04. The Bertz CT molecular complexity index is 499. The quantitative estimate of drug-likeness (QED) is 0.756. The summed E-state index contributed by atoms with van der Waals surface area (Å²) in [4.78, 5) is 10.9. The molecule has 2 N–H and O–H groups in total. The van der Waals surface area contributed by atoms with Crippen LogP contribution in [-0.2, 0) is 21.2 Å². The van der Waals surface area contributed by atoms with Gasteiger partial charge >= 0.3 is 5.97 Å². The molecule has 6 heteroatoms. The van der Waals surface area contributed by atoms with Gasteiger partial charge in [0.15, 0.2) is 0 Å². The lowest BCUT2D eigenvalue weighted by Gasteiger charge is -2.13. The van der Waals surface area contributed by atoms with Crippen LogP contribution >= 0.6 is 0 Å². The van der Waals surface area contributed by atoms with E-state index < -0.39 is 22.0 Å². The van der Waals surface area contributed by atoms with Crippen molar-refractivity contribution in [2.75, 3.05) is 5.75 Å². The molecule has 0 aromatic heterocycles. The molecule has 0 heterocycles. The average molecular weight is 285 g/mol. The molecule has 0 aliphatic rings. The maximum absolute atomic E-state index is 11.8. The number of sulfonamides is 1. The molecule has 0 saturated heterocycles. The third kappa shape index (κ3) is 5.85. The first kappa shape index (κ1) is 15.7. The maximum Gasteiger partial charge on any atom is 0.321 e. The first-order chi connectivity index (χ1) is 8.94. The van der Waals surface area contributed by atoms with Gasteiger partial charge in [0.25, 0.3) is 0 Å². The molecule has 0 aliphatic heterocycles. The molecule has 0 saturated carbocycles. The zero-order chi connectivity index (χ0) is 14.3. The Morgan fingerprint density at radius 1 is 1.32 bits per heavy atom. The van der Waals surface area contributed by atoms with Crippen LogP contribution in [0.1, 0.15) is 25.3 Å². The van der Waals surface area contributed by atoms with Crippen LogP contribution in [0.3, 0.4) is 0 Å². The van der Waals surface area contributed by atoms with Crippen molar-refractivity contribution in [3.05, 3.63) is 35.9 Å². The van der Waals surface area contributed by atoms with Crippen molar-refractivity contribution in [2.24, 2.45) is 0 Å². The van der Waals surface area contributed by atoms with E-state index in [2.05, 4.69) is 4.72 Å². The Labute approximate surface area is 113 Å². The molecule has 0 aliphatic carbocycles. The van der Waals surface area contributed by atoms with Crippen LogP contribution in [0.4, 0.5) is 0 Å². The highest BCUT2D eigenvalue weighted by Gasteiger charge is 2.22. The molecule has 5 nitrogen and oxygen atoms in total. The second-order valence-electron chi connectivity index (χ2n) is 4.35. The summed E-state index contributed by atoms with van der Waals surface area (Å²) in [5, 5.41) is 8.93. The van der Waals surface area contributed by atoms with E-state index in [4.69, 9.17) is 5.11 Å². The number of rotatable bonds is 8. The average Bonchev–Trinajstić information content (AvgIpc) is 2.37. The summed E-state index contributed by atoms with van der Waals surface area (Å²) in [6, 6.07) is 8.19. The van der Waals surface area contributed by atoms with Gasteiger partial charge in [0.2, 0.25) is 10.0 Å². The number of aliphatic carboxylic acids is 1. The number of hydrogen-bond acceptors (Lipinski definition) is 3. The minimum atomic E-state index is -3.58. The van der Waals surface area contributed by atoms with Crippen LogP contribution in [-0.4, -0.2) is 31.3 Å². The molecular formula is C13H19NO4S. The summed E-state index contributed by atoms with van der Waals surface area (Å²) in [6.45, 7) is 1.81. The summed E-state index contributed by atoms with van der Waals surface area (Å²) in [6.07, 6.45) is 1.27. The molecule has 0 spiro atoms. The molecule has 0 radical (unpaired) electrons. The Hall–Kier alpha value is -1.40. The fourth-order valence-electron chi connectivity index (χ4n) is 1.69. The second-order valence-corrected chi connectivity index (χ2v) is 6.23. The fourth-order valence-corrected chi connectivity index (χ4v) is 2.97. The molecule has 0 unspecified atom stereocenters. The highest BCUT2D eigenvalue weighted by molar-refractivity contribution is 7.89. The SMILES string of the molecule is CCC[C@@H](NS(=O)(=O)CCc1ccccc1)C(=O)O. The topological polar surface area (TPSA) is 83.5 Å². The van der Waals surface area contributed by atoms with Crippen LogP contribution in [0.5, 0.6) is 0 Å². The Morgan fingerprint density at radius 2 is 1.95 bits per heavy atom. The number of aryl methyl sites for hydroxylation is 1. The third-order valence-corrected chi connectivity index (χ3v) is 4.08. The molecule has 1 rings (SSSR count). The minimum Gasteiger partial charge on any atom is -0.480 e. The van der Waals surface area contributed by atoms with Gasteiger partial charge in [-0.25, -0.2) is 13.1 Å². The standard InChI is InChI=1S/C13H19NO4S/c1-2-6-12(13(15)16)14-19(17,18)10-9-11-7-4-3-5-8-11/h3-5,7-8,12,14H,2,6,9-10H2,1H3,(H,15,16)/t12-/m1/s1. The maximum atomic E-state index is 11.8. The lowest BCUT2D eigenvalue weighted by atomic mass is 10.2. The van der Waals surface area contributed by atoms with E-state index in [9.17, 15) is 13.2 Å². The molecule has 0 bridgehead atoms. The summed E-state index contributed by atoms with van der Waals surface area (Å²) in [5.74, 6) is -1.24. The molecule has 0 amide bonds. The van der Waals surface area contributed by atoms with Gasteiger partial charge in [-0.15, -0.1) is 0 Å². The number of carbonyl (C=O) groups is 1. The lowest BCUT2D eigenvalue weighted by Crippen LogP contribution is -2.41. The molecule has 1 aromatic carbocycles. The number of carboxylic acid groups (broad SMARTS) is 1. The van der Waals surface area contributed by atoms with Gasteiger partial charge in [-0.2, -0.15) is 0 Å². The largest absolute Gasteiger partial charge is 0.480 e. The van der Waals surface area contributed by atoms with E-state index >= 15 is 0 Å². The van der Waals surface area contributed by atoms with Gasteiger partial charge in [0.05, 0.1) is 5.75 Å². The van der Waals surface area contributed by atoms with Crippen molar-refractivity contribution < 1.29 is 18.3 Å². The minimum absolute atomic E-state index is 0.107. The van der Waals surface area contributed by atoms with Crippen molar-refractivity contribution in [2.45, 2.75) is 32.2 Å². The van der Waals surface area contributed by atoms with E-state index in [0.29, 0.717) is 19.3 Å². The van der Waals surface area contributed by atoms with Crippen LogP contribution < -0.4 is 4.72 Å². The van der Waals surface area contributed by atoms with E-state index in [1.165, 1.54) is 0 Å². The number of benzene rings is 1. The predicted octanol–water partition coefficient (Wildman–Crippen LogP) is 1.40. The Balaban J connectivity index is 2.58. The molecule has 0 fully saturated rings. The van der Waals surface area contributed by atoms with Crippen molar-refractivity contribution in [1.29, 1.82) is 0 Å². The van der Waals surface area contributed by atoms with Crippen LogP contribution in [0, 0.1) is 0 Å². The monoisotopic (exact) mass is 285 g/mol. The van der Waals surface area contributed by atoms with Gasteiger partial charge in [-0.05, 0) is 18.4 Å². The summed E-state index contributed by atoms with van der Waals surface area (Å²) in [7, 11) is -3.58. The van der Waals surface area contributed by atoms with Crippen molar-refractivity contribution in [1.82, 2.24) is 4.72 Å². The first-order valence-corrected chi connectivity index (χ1v) is 7.86. The molecule has 106 valence electrons. The van der Waals surface area contributed by atoms with Crippen molar-refractivity contribution in [3.8, 4) is 0 Å². The van der Waals surface area contributed by atoms with E-state index in [-0.39, 0.29) is 5.75 Å². The summed E-state index contributed by atoms with van der Waals surface area (Å²) < 4.78 is 25.9. The van der Waals surface area contributed by atoms with Crippen molar-refractivity contribution in [3.63, 3.8) is 0 Å². The molecule has 1 atom stereocenters. The Morgan fingerprint density at radius 3 is 2.47 bits per heavy atom. The van der Waals surface area contributed by atoms with E-state index in [1.807, 2.05) is 37.3 Å². The number of nitrogens with one attached hydrogen (secondary N) is 1. The summed E-state index contributed by atoms with van der Waals surface area (Å²) >= 11 is 0. The van der Waals surface area contributed by atoms with Gasteiger partial charge in [-0.3, -0.25) is 4.79 Å². The van der Waals surface area contributed by atoms with Crippen molar-refractivity contribution >= 4 is 16.0 Å². The molecule has 1 aromatic rings. The zero-order valence-corrected chi connectivity index (χ0v) is 11.7. The lowest BCUT2D eigenvalue weighted by molar-refractivity contribution is -0.139. The van der Waals surface area contributed by atoms with Gasteiger partial charge in [0.1, 0.15) is 6.04 Å². The van der Waals surface area contributed by atoms with E-state index in [0.717, 1.165) is 5.56 Å². The third-order valence-electron chi connectivity index (χ3n) is 2.70. The second kappa shape index (κ2) is 7.25. The predicted molar refractivity (Wildman–Crippen MR) is 73.4 cm³/mol. The first-order valence-electron chi connectivity index (χ1n) is 6.21. The van der Waals surface area contributed by atoms with Gasteiger partial charge in [-0.1, -0.05) is 43.7 Å². The smallest absolute Gasteiger partial charge is 0.321 e. The van der Waals surface area contributed by atoms with Crippen LogP contribution in [0.2, 0.25) is 0 Å². The van der Waals surface area contributed by atoms with Crippen LogP contribution in [0.25, 0.3) is 0 Å². The van der Waals surface area contributed by atoms with Gasteiger partial charge in [0, 0.05) is 0 Å². The van der Waals surface area contributed by atoms with Crippen LogP contribution in [0.15, 0.2) is 30.3 Å². The van der Waals surface area contributed by atoms with Gasteiger partial charge < -0.3 is 5.11 Å². The molecule has 19 heavy (non-hydrogen) atoms. The molecular weight excluding hydrogens is 266 g/mol. The fraction of sp³-hybridized carbons (Fsp3) is 0.462. The zero-order valence-electron chi connectivity index (χ0n) is 10.9. The number of carboxylic acids is 1. The Kier molecular flexibility index (Phi) is 5.98. The van der Waals surface area contributed by atoms with E-state index in [1.54, 1.807) is 0 Å². The number of hydrogen-bond donors (Lipinski definition) is 2.